The predicted octanol–water partition coefficient (Wildman–Crippen LogP) is 5.10. The normalized spacial score (nSPS) is 16.3. The fraction of sp³-hybridized carbons (Fsp3) is 0.435. The quantitative estimate of drug-likeness (QED) is 0.550. The Morgan fingerprint density at radius 1 is 1.16 bits per heavy atom. The number of likely N-dealkylation sites (tertiary alicyclic amines) is 1. The topological polar surface area (TPSA) is 44.0 Å². The van der Waals surface area contributed by atoms with Gasteiger partial charge in [-0.25, -0.2) is 9.37 Å². The molecule has 0 aliphatic carbocycles. The van der Waals surface area contributed by atoms with Gasteiger partial charge in [0, 0.05) is 18.7 Å². The van der Waals surface area contributed by atoms with Gasteiger partial charge >= 0.3 is 6.18 Å². The molecular formula is C23H26F4N4. The van der Waals surface area contributed by atoms with Crippen LogP contribution in [0.25, 0.3) is 22.4 Å². The van der Waals surface area contributed by atoms with Crippen LogP contribution in [-0.4, -0.2) is 48.1 Å². The van der Waals surface area contributed by atoms with Gasteiger partial charge in [0.1, 0.15) is 11.6 Å². The highest BCUT2D eigenvalue weighted by Gasteiger charge is 2.35. The van der Waals surface area contributed by atoms with Crippen molar-refractivity contribution in [1.82, 2.24) is 20.2 Å². The van der Waals surface area contributed by atoms with E-state index in [1.165, 1.54) is 5.56 Å². The first-order valence-electron chi connectivity index (χ1n) is 10.5. The van der Waals surface area contributed by atoms with Gasteiger partial charge in [-0.2, -0.15) is 13.2 Å². The molecule has 0 amide bonds. The molecule has 2 N–H and O–H groups in total. The highest BCUT2D eigenvalue weighted by Crippen LogP contribution is 2.38. The molecule has 1 aromatic heterocycles. The molecule has 0 atom stereocenters. The smallest absolute Gasteiger partial charge is 0.338 e. The van der Waals surface area contributed by atoms with E-state index >= 15 is 0 Å². The van der Waals surface area contributed by atoms with E-state index in [1.807, 2.05) is 20.0 Å². The van der Waals surface area contributed by atoms with E-state index in [-0.39, 0.29) is 11.4 Å². The zero-order valence-electron chi connectivity index (χ0n) is 17.6. The van der Waals surface area contributed by atoms with Crippen molar-refractivity contribution in [2.45, 2.75) is 31.9 Å². The van der Waals surface area contributed by atoms with Gasteiger partial charge in [-0.3, -0.25) is 0 Å². The lowest BCUT2D eigenvalue weighted by Gasteiger charge is -2.32. The summed E-state index contributed by atoms with van der Waals surface area (Å²) in [6, 6.07) is 6.77. The summed E-state index contributed by atoms with van der Waals surface area (Å²) in [6.07, 6.45) is -2.57. The molecule has 1 aliphatic heterocycles. The number of nitrogens with zero attached hydrogens (tertiary/aromatic N) is 2. The molecular weight excluding hydrogens is 408 g/mol. The van der Waals surface area contributed by atoms with Crippen LogP contribution in [0.4, 0.5) is 17.6 Å². The van der Waals surface area contributed by atoms with Crippen LogP contribution >= 0.6 is 0 Å². The number of benzene rings is 2. The lowest BCUT2D eigenvalue weighted by Crippen LogP contribution is -2.37. The van der Waals surface area contributed by atoms with E-state index < -0.39 is 17.6 Å². The second-order valence-corrected chi connectivity index (χ2v) is 8.23. The number of hydrogen-bond donors (Lipinski definition) is 2. The summed E-state index contributed by atoms with van der Waals surface area (Å²) in [6.45, 7) is 5.98. The molecule has 2 heterocycles. The number of nitrogens with one attached hydrogen (secondary N) is 2. The van der Waals surface area contributed by atoms with E-state index in [1.54, 1.807) is 0 Å². The van der Waals surface area contributed by atoms with E-state index in [0.29, 0.717) is 23.0 Å². The number of rotatable bonds is 5. The Balaban J connectivity index is 1.64. The SMILES string of the molecule is CNCCN1CCC(c2cc(C)c3nc(-c4ccc(F)cc4C(F)(F)F)[nH]c3c2)CC1. The molecule has 2 aromatic carbocycles. The summed E-state index contributed by atoms with van der Waals surface area (Å²) in [5, 5.41) is 3.17. The molecule has 1 fully saturated rings. The van der Waals surface area contributed by atoms with Crippen molar-refractivity contribution in [2.24, 2.45) is 0 Å². The van der Waals surface area contributed by atoms with Gasteiger partial charge in [-0.15, -0.1) is 0 Å². The number of likely N-dealkylation sites (N-methyl/N-ethyl adjacent to an activating group) is 1. The number of H-pyrrole nitrogens is 1. The van der Waals surface area contributed by atoms with Crippen molar-refractivity contribution in [1.29, 1.82) is 0 Å². The van der Waals surface area contributed by atoms with Crippen LogP contribution in [0.1, 0.15) is 35.4 Å². The summed E-state index contributed by atoms with van der Waals surface area (Å²) in [7, 11) is 1.95. The third kappa shape index (κ3) is 4.60. The fourth-order valence-corrected chi connectivity index (χ4v) is 4.40. The average molecular weight is 434 g/mol. The Hall–Kier alpha value is -2.45. The molecule has 31 heavy (non-hydrogen) atoms. The molecule has 0 radical (unpaired) electrons. The number of fused-ring (bicyclic) bond motifs is 1. The number of piperidine rings is 1. The van der Waals surface area contributed by atoms with Gasteiger partial charge in [0.2, 0.25) is 0 Å². The van der Waals surface area contributed by atoms with Crippen molar-refractivity contribution >= 4 is 11.0 Å². The second-order valence-electron chi connectivity index (χ2n) is 8.23. The Kier molecular flexibility index (Phi) is 6.03. The van der Waals surface area contributed by atoms with Crippen LogP contribution in [0, 0.1) is 12.7 Å². The Morgan fingerprint density at radius 3 is 2.58 bits per heavy atom. The molecule has 4 rings (SSSR count). The Morgan fingerprint density at radius 2 is 1.90 bits per heavy atom. The maximum atomic E-state index is 13.5. The summed E-state index contributed by atoms with van der Waals surface area (Å²) >= 11 is 0. The number of imidazole rings is 1. The van der Waals surface area contributed by atoms with Crippen molar-refractivity contribution in [2.75, 3.05) is 33.2 Å². The molecule has 1 saturated heterocycles. The van der Waals surface area contributed by atoms with Crippen LogP contribution in [0.3, 0.4) is 0 Å². The molecule has 0 bridgehead atoms. The van der Waals surface area contributed by atoms with E-state index in [2.05, 4.69) is 26.3 Å². The molecule has 8 heteroatoms. The van der Waals surface area contributed by atoms with Crippen molar-refractivity contribution in [3.63, 3.8) is 0 Å². The number of aryl methyl sites for hydroxylation is 1. The summed E-state index contributed by atoms with van der Waals surface area (Å²) in [5.74, 6) is -0.409. The first-order chi connectivity index (χ1) is 14.8. The standard InChI is InChI=1S/C23H26F4N4/c1-14-11-16(15-5-8-31(9-6-15)10-7-28-2)12-20-21(14)30-22(29-20)18-4-3-17(24)13-19(18)23(25,26)27/h3-4,11-13,15,28H,5-10H2,1-2H3,(H,29,30). The van der Waals surface area contributed by atoms with Gasteiger partial charge in [0.05, 0.1) is 16.6 Å². The van der Waals surface area contributed by atoms with Crippen LogP contribution in [0.15, 0.2) is 30.3 Å². The molecule has 0 spiro atoms. The maximum Gasteiger partial charge on any atom is 0.417 e. The monoisotopic (exact) mass is 434 g/mol. The third-order valence-corrected chi connectivity index (χ3v) is 6.08. The lowest BCUT2D eigenvalue weighted by atomic mass is 9.88. The minimum absolute atomic E-state index is 0.101. The Bertz CT molecular complexity index is 1070. The number of aromatic amines is 1. The van der Waals surface area contributed by atoms with Gasteiger partial charge in [0.15, 0.2) is 0 Å². The molecule has 1 aliphatic rings. The first-order valence-corrected chi connectivity index (χ1v) is 10.5. The molecule has 0 unspecified atom stereocenters. The van der Waals surface area contributed by atoms with Crippen LogP contribution in [0.2, 0.25) is 0 Å². The summed E-state index contributed by atoms with van der Waals surface area (Å²) in [4.78, 5) is 9.92. The van der Waals surface area contributed by atoms with E-state index in [0.717, 1.165) is 56.7 Å². The number of aromatic nitrogens is 2. The van der Waals surface area contributed by atoms with Gasteiger partial charge in [0.25, 0.3) is 0 Å². The van der Waals surface area contributed by atoms with Crippen LogP contribution < -0.4 is 5.32 Å². The summed E-state index contributed by atoms with van der Waals surface area (Å²) in [5.41, 5.74) is 2.27. The third-order valence-electron chi connectivity index (χ3n) is 6.08. The van der Waals surface area contributed by atoms with Crippen molar-refractivity contribution in [3.8, 4) is 11.4 Å². The number of alkyl halides is 3. The van der Waals surface area contributed by atoms with E-state index in [4.69, 9.17) is 0 Å². The largest absolute Gasteiger partial charge is 0.417 e. The average Bonchev–Trinajstić information content (AvgIpc) is 3.16. The number of hydrogen-bond acceptors (Lipinski definition) is 3. The van der Waals surface area contributed by atoms with Crippen molar-refractivity contribution < 1.29 is 17.6 Å². The first kappa shape index (κ1) is 21.8. The van der Waals surface area contributed by atoms with Gasteiger partial charge in [-0.1, -0.05) is 6.07 Å². The van der Waals surface area contributed by atoms with Crippen molar-refractivity contribution in [3.05, 3.63) is 52.8 Å². The van der Waals surface area contributed by atoms with E-state index in [9.17, 15) is 17.6 Å². The highest BCUT2D eigenvalue weighted by atomic mass is 19.4. The highest BCUT2D eigenvalue weighted by molar-refractivity contribution is 5.83. The van der Waals surface area contributed by atoms with Gasteiger partial charge in [-0.05, 0) is 81.2 Å². The minimum Gasteiger partial charge on any atom is -0.338 e. The minimum atomic E-state index is -4.67. The zero-order chi connectivity index (χ0) is 22.2. The van der Waals surface area contributed by atoms with Crippen LogP contribution in [-0.2, 0) is 6.18 Å². The summed E-state index contributed by atoms with van der Waals surface area (Å²) < 4.78 is 53.8. The van der Waals surface area contributed by atoms with Gasteiger partial charge < -0.3 is 15.2 Å². The molecule has 3 aromatic rings. The van der Waals surface area contributed by atoms with Crippen LogP contribution in [0.5, 0.6) is 0 Å². The second kappa shape index (κ2) is 8.59. The fourth-order valence-electron chi connectivity index (χ4n) is 4.40. The Labute approximate surface area is 178 Å². The zero-order valence-corrected chi connectivity index (χ0v) is 17.6. The molecule has 166 valence electrons. The predicted molar refractivity (Wildman–Crippen MR) is 114 cm³/mol. The lowest BCUT2D eigenvalue weighted by molar-refractivity contribution is -0.137. The molecule has 0 saturated carbocycles. The molecule has 4 nitrogen and oxygen atoms in total. The number of halogens is 4. The maximum absolute atomic E-state index is 13.5.